The highest BCUT2D eigenvalue weighted by Crippen LogP contribution is 2.70. The lowest BCUT2D eigenvalue weighted by molar-refractivity contribution is -0.222. The van der Waals surface area contributed by atoms with E-state index in [9.17, 15) is 14.7 Å². The molecule has 0 unspecified atom stereocenters. The van der Waals surface area contributed by atoms with Gasteiger partial charge in [-0.2, -0.15) is 0 Å². The largest absolute Gasteiger partial charge is 0.480 e. The maximum absolute atomic E-state index is 12.6. The number of carboxylic acid groups (broad SMARTS) is 1. The van der Waals surface area contributed by atoms with Crippen molar-refractivity contribution in [3.8, 4) is 0 Å². The van der Waals surface area contributed by atoms with E-state index in [0.717, 1.165) is 25.9 Å². The number of carbonyl (C=O) groups excluding carboxylic acids is 1. The summed E-state index contributed by atoms with van der Waals surface area (Å²) < 4.78 is 5.26. The van der Waals surface area contributed by atoms with Gasteiger partial charge in [0.05, 0.1) is 12.6 Å². The molecule has 0 aromatic rings. The Balaban J connectivity index is 1.50. The van der Waals surface area contributed by atoms with Crippen molar-refractivity contribution in [1.29, 1.82) is 0 Å². The van der Waals surface area contributed by atoms with E-state index in [1.54, 1.807) is 12.0 Å². The van der Waals surface area contributed by atoms with Crippen molar-refractivity contribution in [2.75, 3.05) is 33.4 Å². The first-order chi connectivity index (χ1) is 10.0. The molecule has 2 heterocycles. The Bertz CT molecular complexity index is 489. The first-order valence-corrected chi connectivity index (χ1v) is 7.54. The highest BCUT2D eigenvalue weighted by molar-refractivity contribution is 5.83. The molecule has 0 spiro atoms. The summed E-state index contributed by atoms with van der Waals surface area (Å²) in [7, 11) is 1.72. The number of ether oxygens (including phenoxy) is 1. The summed E-state index contributed by atoms with van der Waals surface area (Å²) in [4.78, 5) is 27.7. The van der Waals surface area contributed by atoms with Crippen molar-refractivity contribution < 1.29 is 19.4 Å². The molecule has 0 radical (unpaired) electrons. The molecule has 2 amide bonds. The van der Waals surface area contributed by atoms with E-state index < -0.39 is 12.0 Å². The molecule has 2 bridgehead atoms. The van der Waals surface area contributed by atoms with Crippen molar-refractivity contribution >= 4 is 12.0 Å². The number of hydrogen-bond donors (Lipinski definition) is 2. The van der Waals surface area contributed by atoms with Crippen LogP contribution in [0.25, 0.3) is 0 Å². The van der Waals surface area contributed by atoms with Gasteiger partial charge in [-0.05, 0) is 19.3 Å². The molecule has 0 aromatic carbocycles. The second kappa shape index (κ2) is 4.10. The van der Waals surface area contributed by atoms with Crippen LogP contribution in [0.1, 0.15) is 19.3 Å². The Morgan fingerprint density at radius 1 is 1.48 bits per heavy atom. The van der Waals surface area contributed by atoms with Gasteiger partial charge in [-0.25, -0.2) is 4.79 Å². The number of methoxy groups -OCH3 is 1. The minimum absolute atomic E-state index is 0.0179. The van der Waals surface area contributed by atoms with Crippen LogP contribution in [0.15, 0.2) is 0 Å². The summed E-state index contributed by atoms with van der Waals surface area (Å²) in [6, 6.07) is -0.859. The predicted molar refractivity (Wildman–Crippen MR) is 72.9 cm³/mol. The second-order valence-corrected chi connectivity index (χ2v) is 7.11. The van der Waals surface area contributed by atoms with Gasteiger partial charge < -0.3 is 25.0 Å². The summed E-state index contributed by atoms with van der Waals surface area (Å²) in [6.45, 7) is 2.45. The first kappa shape index (κ1) is 13.3. The molecule has 2 saturated heterocycles. The zero-order chi connectivity index (χ0) is 14.8. The molecule has 5 aliphatic rings. The number of carboxylic acids is 1. The first-order valence-electron chi connectivity index (χ1n) is 7.54. The number of nitrogens with zero attached hydrogens (tertiary/aromatic N) is 2. The number of aliphatic carboxylic acids is 1. The zero-order valence-corrected chi connectivity index (χ0v) is 12.2. The number of piperazine rings is 1. The SMILES string of the molecule is COCC12CC(N3C[C@@H]4[C@@H](C(=O)O)NCCN4C3=O)(C1)C2. The molecule has 116 valence electrons. The van der Waals surface area contributed by atoms with Crippen molar-refractivity contribution in [3.05, 3.63) is 0 Å². The Hall–Kier alpha value is -1.34. The van der Waals surface area contributed by atoms with E-state index in [0.29, 0.717) is 19.6 Å². The molecule has 5 rings (SSSR count). The van der Waals surface area contributed by atoms with Crippen molar-refractivity contribution in [2.24, 2.45) is 5.41 Å². The Morgan fingerprint density at radius 3 is 2.81 bits per heavy atom. The van der Waals surface area contributed by atoms with Gasteiger partial charge in [-0.3, -0.25) is 4.79 Å². The number of nitrogens with one attached hydrogen (secondary N) is 1. The van der Waals surface area contributed by atoms with E-state index in [1.807, 2.05) is 4.90 Å². The number of urea groups is 1. The lowest BCUT2D eigenvalue weighted by Crippen LogP contribution is -2.76. The van der Waals surface area contributed by atoms with Gasteiger partial charge in [0.25, 0.3) is 0 Å². The minimum Gasteiger partial charge on any atom is -0.480 e. The fourth-order valence-electron chi connectivity index (χ4n) is 5.02. The van der Waals surface area contributed by atoms with Gasteiger partial charge in [-0.1, -0.05) is 0 Å². The van der Waals surface area contributed by atoms with Crippen LogP contribution < -0.4 is 5.32 Å². The fourth-order valence-corrected chi connectivity index (χ4v) is 5.02. The third-order valence-corrected chi connectivity index (χ3v) is 5.75. The van der Waals surface area contributed by atoms with Crippen LogP contribution in [0, 0.1) is 5.41 Å². The molecular weight excluding hydrogens is 274 g/mol. The van der Waals surface area contributed by atoms with Gasteiger partial charge in [0.1, 0.15) is 6.04 Å². The Morgan fingerprint density at radius 2 is 2.19 bits per heavy atom. The molecule has 2 aliphatic heterocycles. The van der Waals surface area contributed by atoms with Crippen LogP contribution >= 0.6 is 0 Å². The van der Waals surface area contributed by atoms with Gasteiger partial charge in [-0.15, -0.1) is 0 Å². The molecule has 2 atom stereocenters. The summed E-state index contributed by atoms with van der Waals surface area (Å²) in [5.74, 6) is -0.868. The average Bonchev–Trinajstić information content (AvgIpc) is 2.69. The standard InChI is InChI=1S/C14H21N3O4/c1-21-8-13-5-14(6-13,7-13)17-4-9-10(11(18)19)15-2-3-16(9)12(17)20/h9-10,15H,2-8H2,1H3,(H,18,19)/t9-,10+,13?,14?/m1/s1. The fraction of sp³-hybridized carbons (Fsp3) is 0.857. The maximum atomic E-state index is 12.6. The highest BCUT2D eigenvalue weighted by Gasteiger charge is 2.72. The molecule has 7 nitrogen and oxygen atoms in total. The summed E-state index contributed by atoms with van der Waals surface area (Å²) >= 11 is 0. The molecule has 2 N–H and O–H groups in total. The third-order valence-electron chi connectivity index (χ3n) is 5.75. The van der Waals surface area contributed by atoms with Crippen LogP contribution in [-0.4, -0.2) is 77.9 Å². The van der Waals surface area contributed by atoms with Crippen molar-refractivity contribution in [2.45, 2.75) is 36.9 Å². The van der Waals surface area contributed by atoms with Crippen molar-refractivity contribution in [1.82, 2.24) is 15.1 Å². The summed E-state index contributed by atoms with van der Waals surface area (Å²) in [6.07, 6.45) is 3.02. The molecule has 21 heavy (non-hydrogen) atoms. The predicted octanol–water partition coefficient (Wildman–Crippen LogP) is -0.282. The van der Waals surface area contributed by atoms with E-state index in [1.165, 1.54) is 0 Å². The average molecular weight is 295 g/mol. The molecule has 7 heteroatoms. The normalized spacial score (nSPS) is 44.1. The highest BCUT2D eigenvalue weighted by atomic mass is 16.5. The topological polar surface area (TPSA) is 82.1 Å². The number of fused-ring (bicyclic) bond motifs is 1. The summed E-state index contributed by atoms with van der Waals surface area (Å²) in [5, 5.41) is 12.3. The lowest BCUT2D eigenvalue weighted by atomic mass is 9.39. The van der Waals surface area contributed by atoms with Gasteiger partial charge >= 0.3 is 12.0 Å². The van der Waals surface area contributed by atoms with Gasteiger partial charge in [0, 0.05) is 37.7 Å². The van der Waals surface area contributed by atoms with Crippen LogP contribution in [0.3, 0.4) is 0 Å². The summed E-state index contributed by atoms with van der Waals surface area (Å²) in [5.41, 5.74) is 0.262. The Labute approximate surface area is 123 Å². The maximum Gasteiger partial charge on any atom is 0.322 e. The van der Waals surface area contributed by atoms with Crippen LogP contribution in [0.2, 0.25) is 0 Å². The Kier molecular flexibility index (Phi) is 2.60. The van der Waals surface area contributed by atoms with E-state index in [4.69, 9.17) is 4.74 Å². The third kappa shape index (κ3) is 1.61. The molecule has 5 fully saturated rings. The second-order valence-electron chi connectivity index (χ2n) is 7.11. The molecule has 3 saturated carbocycles. The smallest absolute Gasteiger partial charge is 0.322 e. The van der Waals surface area contributed by atoms with Crippen molar-refractivity contribution in [3.63, 3.8) is 0 Å². The van der Waals surface area contributed by atoms with Crippen LogP contribution in [0.4, 0.5) is 4.79 Å². The number of hydrogen-bond acceptors (Lipinski definition) is 4. The van der Waals surface area contributed by atoms with E-state index in [-0.39, 0.29) is 23.0 Å². The number of amides is 2. The van der Waals surface area contributed by atoms with Crippen LogP contribution in [0.5, 0.6) is 0 Å². The van der Waals surface area contributed by atoms with E-state index >= 15 is 0 Å². The van der Waals surface area contributed by atoms with Gasteiger partial charge in [0.2, 0.25) is 0 Å². The molecule has 0 aromatic heterocycles. The van der Waals surface area contributed by atoms with Crippen LogP contribution in [-0.2, 0) is 9.53 Å². The quantitative estimate of drug-likeness (QED) is 0.745. The molecular formula is C14H21N3O4. The molecule has 3 aliphatic carbocycles. The number of rotatable bonds is 4. The lowest BCUT2D eigenvalue weighted by Gasteiger charge is -2.73. The number of carbonyl (C=O) groups is 2. The zero-order valence-electron chi connectivity index (χ0n) is 12.2. The monoisotopic (exact) mass is 295 g/mol. The minimum atomic E-state index is -0.868. The van der Waals surface area contributed by atoms with Gasteiger partial charge in [0.15, 0.2) is 0 Å². The van der Waals surface area contributed by atoms with E-state index in [2.05, 4.69) is 5.32 Å².